The highest BCUT2D eigenvalue weighted by Gasteiger charge is 2.28. The lowest BCUT2D eigenvalue weighted by Gasteiger charge is -2.26. The number of phosphoric acid groups is 1. The Kier molecular flexibility index (Phi) is 53.9. The van der Waals surface area contributed by atoms with Crippen LogP contribution >= 0.6 is 7.82 Å². The summed E-state index contributed by atoms with van der Waals surface area (Å²) < 4.78 is 23.7. The number of nitrogens with one attached hydrogen (secondary N) is 1. The van der Waals surface area contributed by atoms with Crippen LogP contribution in [0.15, 0.2) is 134 Å². The average Bonchev–Trinajstić information content (AvgIpc) is 3.38. The van der Waals surface area contributed by atoms with E-state index < -0.39 is 20.0 Å². The van der Waals surface area contributed by atoms with Gasteiger partial charge in [-0.2, -0.15) is 0 Å². The van der Waals surface area contributed by atoms with Gasteiger partial charge in [-0.1, -0.05) is 263 Å². The number of quaternary nitrogens is 1. The van der Waals surface area contributed by atoms with Gasteiger partial charge in [0.15, 0.2) is 0 Å². The van der Waals surface area contributed by atoms with Crippen molar-refractivity contribution in [2.45, 2.75) is 244 Å². The fourth-order valence-corrected chi connectivity index (χ4v) is 8.90. The number of hydrogen-bond donors (Lipinski definition) is 3. The number of carbonyl (C=O) groups is 1. The largest absolute Gasteiger partial charge is 0.472 e. The highest BCUT2D eigenvalue weighted by Crippen LogP contribution is 2.43. The molecule has 0 saturated heterocycles. The molecule has 0 radical (unpaired) electrons. The minimum atomic E-state index is -4.33. The van der Waals surface area contributed by atoms with Crippen LogP contribution in [0.2, 0.25) is 0 Å². The van der Waals surface area contributed by atoms with Gasteiger partial charge in [0.05, 0.1) is 39.9 Å². The van der Waals surface area contributed by atoms with E-state index >= 15 is 0 Å². The molecule has 0 aliphatic carbocycles. The number of hydrogen-bond acceptors (Lipinski definition) is 5. The molecule has 3 unspecified atom stereocenters. The first-order chi connectivity index (χ1) is 37.0. The minimum absolute atomic E-state index is 0.0661. The topological polar surface area (TPSA) is 105 Å². The summed E-state index contributed by atoms with van der Waals surface area (Å²) in [5.41, 5.74) is 0. The zero-order chi connectivity index (χ0) is 55.6. The summed E-state index contributed by atoms with van der Waals surface area (Å²) in [5.74, 6) is -0.161. The van der Waals surface area contributed by atoms with Crippen LogP contribution in [-0.2, 0) is 18.4 Å². The number of allylic oxidation sites excluding steroid dienone is 22. The molecule has 8 nitrogen and oxygen atoms in total. The fourth-order valence-electron chi connectivity index (χ4n) is 8.17. The van der Waals surface area contributed by atoms with Crippen molar-refractivity contribution >= 4 is 13.7 Å². The molecule has 0 aliphatic heterocycles. The minimum Gasteiger partial charge on any atom is -0.391 e. The summed E-state index contributed by atoms with van der Waals surface area (Å²) >= 11 is 0. The molecule has 0 aromatic heterocycles. The Labute approximate surface area is 468 Å². The van der Waals surface area contributed by atoms with Crippen LogP contribution in [0.4, 0.5) is 0 Å². The third kappa shape index (κ3) is 58.3. The van der Waals surface area contributed by atoms with Crippen LogP contribution in [0.5, 0.6) is 0 Å². The van der Waals surface area contributed by atoms with Gasteiger partial charge >= 0.3 is 7.82 Å². The number of aliphatic hydroxyl groups excluding tert-OH is 1. The number of phosphoric ester groups is 1. The van der Waals surface area contributed by atoms with Crippen molar-refractivity contribution in [3.8, 4) is 0 Å². The van der Waals surface area contributed by atoms with E-state index in [-0.39, 0.29) is 19.1 Å². The Bertz CT molecular complexity index is 1700. The number of carbonyl (C=O) groups excluding carboxylic acids is 1. The predicted octanol–water partition coefficient (Wildman–Crippen LogP) is 19.1. The maximum atomic E-state index is 13.0. The quantitative estimate of drug-likeness (QED) is 0.0243. The van der Waals surface area contributed by atoms with E-state index in [2.05, 4.69) is 153 Å². The Hall–Kier alpha value is -3.36. The molecule has 0 heterocycles. The smallest absolute Gasteiger partial charge is 0.391 e. The van der Waals surface area contributed by atoms with Gasteiger partial charge in [0.1, 0.15) is 13.2 Å². The zero-order valence-electron chi connectivity index (χ0n) is 49.4. The van der Waals surface area contributed by atoms with Gasteiger partial charge in [-0.15, -0.1) is 0 Å². The van der Waals surface area contributed by atoms with Gasteiger partial charge in [-0.25, -0.2) is 4.57 Å². The predicted molar refractivity (Wildman–Crippen MR) is 331 cm³/mol. The second-order valence-corrected chi connectivity index (χ2v) is 22.8. The number of nitrogens with zero attached hydrogens (tertiary/aromatic N) is 1. The van der Waals surface area contributed by atoms with E-state index in [1.54, 1.807) is 0 Å². The third-order valence-corrected chi connectivity index (χ3v) is 13.9. The molecule has 3 atom stereocenters. The van der Waals surface area contributed by atoms with Gasteiger partial charge in [0, 0.05) is 6.42 Å². The molecule has 0 bridgehead atoms. The van der Waals surface area contributed by atoms with Crippen molar-refractivity contribution in [1.82, 2.24) is 5.32 Å². The van der Waals surface area contributed by atoms with E-state index in [9.17, 15) is 19.4 Å². The van der Waals surface area contributed by atoms with Crippen molar-refractivity contribution in [3.63, 3.8) is 0 Å². The van der Waals surface area contributed by atoms with Crippen molar-refractivity contribution in [3.05, 3.63) is 134 Å². The maximum absolute atomic E-state index is 13.0. The molecular formula is C67H116N2O6P+. The standard InChI is InChI=1S/C67H115N2O6P/c1-6-8-10-12-14-16-18-20-21-22-23-24-25-26-27-28-29-30-31-32-33-34-35-36-37-38-39-40-41-42-43-44-45-46-47-49-51-53-55-57-59-61-67(71)68-65(64-75-76(72,73)74-63-62-69(3,4)5)66(70)60-58-56-54-52-50-48-19-17-15-13-11-9-7-2/h8,10,14,16,20-21,23-24,26-27,29-30,32-33,35-36,38-39,41-42,44-45,65-66,70H,6-7,9,11-13,15,17-19,22,25,28,31,34,37,40,43,46-64H2,1-5H3,(H-,68,71,72,73)/p+1/b10-8-,16-14-,21-20-,24-23-,27-26-,30-29-,33-32-,36-35-,39-38-,42-41-,45-44-. The Morgan fingerprint density at radius 2 is 0.789 bits per heavy atom. The fraction of sp³-hybridized carbons (Fsp3) is 0.657. The van der Waals surface area contributed by atoms with Gasteiger partial charge in [0.25, 0.3) is 0 Å². The molecule has 434 valence electrons. The van der Waals surface area contributed by atoms with Gasteiger partial charge < -0.3 is 19.8 Å². The summed E-state index contributed by atoms with van der Waals surface area (Å²) in [6, 6.07) is -0.775. The number of rotatable bonds is 54. The summed E-state index contributed by atoms with van der Waals surface area (Å²) in [6.07, 6.45) is 85.2. The first-order valence-electron chi connectivity index (χ1n) is 30.5. The summed E-state index contributed by atoms with van der Waals surface area (Å²) in [6.45, 7) is 4.75. The lowest BCUT2D eigenvalue weighted by atomic mass is 10.0. The summed E-state index contributed by atoms with van der Waals surface area (Å²) in [5, 5.41) is 14.0. The molecule has 0 aromatic carbocycles. The molecule has 0 rings (SSSR count). The molecular weight excluding hydrogens is 960 g/mol. The maximum Gasteiger partial charge on any atom is 0.472 e. The molecule has 0 spiro atoms. The van der Waals surface area contributed by atoms with Crippen molar-refractivity contribution in [1.29, 1.82) is 0 Å². The Morgan fingerprint density at radius 1 is 0.461 bits per heavy atom. The molecule has 0 aromatic rings. The lowest BCUT2D eigenvalue weighted by Crippen LogP contribution is -2.46. The van der Waals surface area contributed by atoms with E-state index in [0.29, 0.717) is 23.9 Å². The number of likely N-dealkylation sites (N-methyl/N-ethyl adjacent to an activating group) is 1. The second-order valence-electron chi connectivity index (χ2n) is 21.3. The number of amides is 1. The van der Waals surface area contributed by atoms with Crippen molar-refractivity contribution in [2.75, 3.05) is 40.9 Å². The highest BCUT2D eigenvalue weighted by atomic mass is 31.2. The van der Waals surface area contributed by atoms with Crippen LogP contribution in [0.25, 0.3) is 0 Å². The van der Waals surface area contributed by atoms with Crippen LogP contribution in [0.3, 0.4) is 0 Å². The second kappa shape index (κ2) is 56.4. The average molecular weight is 1080 g/mol. The van der Waals surface area contributed by atoms with Crippen molar-refractivity contribution < 1.29 is 32.9 Å². The summed E-state index contributed by atoms with van der Waals surface area (Å²) in [4.78, 5) is 23.3. The van der Waals surface area contributed by atoms with E-state index in [4.69, 9.17) is 9.05 Å². The first-order valence-corrected chi connectivity index (χ1v) is 32.0. The Morgan fingerprint density at radius 3 is 1.16 bits per heavy atom. The van der Waals surface area contributed by atoms with Crippen LogP contribution in [-0.4, -0.2) is 73.4 Å². The van der Waals surface area contributed by atoms with Gasteiger partial charge in [-0.3, -0.25) is 13.8 Å². The SMILES string of the molecule is CC/C=C\C/C=C\C/C=C\C/C=C\C/C=C\C/C=C\C/C=C\C/C=C\C/C=C\C/C=C\C/C=C\CCCCCCCCCC(=O)NC(COP(=O)(O)OCC[N+](C)(C)C)C(O)CCCCCCCCCCCCCCC. The van der Waals surface area contributed by atoms with E-state index in [0.717, 1.165) is 122 Å². The van der Waals surface area contributed by atoms with E-state index in [1.807, 2.05) is 21.1 Å². The van der Waals surface area contributed by atoms with Crippen LogP contribution < -0.4 is 5.32 Å². The number of unbranched alkanes of at least 4 members (excludes halogenated alkanes) is 19. The zero-order valence-corrected chi connectivity index (χ0v) is 50.3. The monoisotopic (exact) mass is 1080 g/mol. The molecule has 3 N–H and O–H groups in total. The lowest BCUT2D eigenvalue weighted by molar-refractivity contribution is -0.870. The Balaban J connectivity index is 4.10. The molecule has 0 saturated carbocycles. The molecule has 0 aliphatic rings. The van der Waals surface area contributed by atoms with Crippen LogP contribution in [0, 0.1) is 0 Å². The van der Waals surface area contributed by atoms with Crippen molar-refractivity contribution in [2.24, 2.45) is 0 Å². The number of aliphatic hydroxyl groups is 1. The molecule has 76 heavy (non-hydrogen) atoms. The van der Waals surface area contributed by atoms with E-state index in [1.165, 1.54) is 83.5 Å². The third-order valence-electron chi connectivity index (χ3n) is 12.9. The summed E-state index contributed by atoms with van der Waals surface area (Å²) in [7, 11) is 1.59. The molecule has 0 fully saturated rings. The van der Waals surface area contributed by atoms with Gasteiger partial charge in [0.2, 0.25) is 5.91 Å². The van der Waals surface area contributed by atoms with Crippen LogP contribution in [0.1, 0.15) is 232 Å². The van der Waals surface area contributed by atoms with Gasteiger partial charge in [-0.05, 0) is 96.3 Å². The normalized spacial score (nSPS) is 14.8. The highest BCUT2D eigenvalue weighted by molar-refractivity contribution is 7.47. The molecule has 1 amide bonds. The first kappa shape index (κ1) is 72.6. The molecule has 9 heteroatoms.